The van der Waals surface area contributed by atoms with Crippen LogP contribution in [0, 0.1) is 11.8 Å². The molecule has 1 atom stereocenters. The second-order valence-electron chi connectivity index (χ2n) is 11.9. The van der Waals surface area contributed by atoms with Crippen molar-refractivity contribution in [3.05, 3.63) is 71.8 Å². The van der Waals surface area contributed by atoms with Gasteiger partial charge in [0.15, 0.2) is 5.82 Å². The third-order valence-corrected chi connectivity index (χ3v) is 9.06. The van der Waals surface area contributed by atoms with E-state index in [9.17, 15) is 9.59 Å². The number of halogens is 2. The highest BCUT2D eigenvalue weighted by atomic mass is 35.5. The van der Waals surface area contributed by atoms with Gasteiger partial charge in [-0.3, -0.25) is 14.5 Å². The maximum Gasteiger partial charge on any atom is 0.240 e. The number of aromatic amines is 1. The number of nitrogens with zero attached hydrogens (tertiary/aromatic N) is 6. The van der Waals surface area contributed by atoms with Gasteiger partial charge in [-0.25, -0.2) is 15.1 Å². The molecule has 2 amide bonds. The van der Waals surface area contributed by atoms with Crippen LogP contribution in [0.5, 0.6) is 0 Å². The Morgan fingerprint density at radius 3 is 2.32 bits per heavy atom. The molecule has 1 saturated carbocycles. The van der Waals surface area contributed by atoms with E-state index in [-0.39, 0.29) is 35.9 Å². The molecule has 3 heterocycles. The molecule has 1 aliphatic heterocycles. The Kier molecular flexibility index (Phi) is 11.4. The highest BCUT2D eigenvalue weighted by molar-refractivity contribution is 6.28. The molecule has 6 rings (SSSR count). The lowest BCUT2D eigenvalue weighted by molar-refractivity contribution is -0.127. The molecule has 0 spiro atoms. The van der Waals surface area contributed by atoms with Crippen molar-refractivity contribution in [1.82, 2.24) is 25.1 Å². The fourth-order valence-electron chi connectivity index (χ4n) is 6.26. The average molecular weight is 681 g/mol. The molecule has 47 heavy (non-hydrogen) atoms. The molecular formula is C33H39Cl2N9O3. The van der Waals surface area contributed by atoms with Gasteiger partial charge in [0.05, 0.1) is 13.2 Å². The third-order valence-electron chi connectivity index (χ3n) is 8.89. The van der Waals surface area contributed by atoms with Crippen molar-refractivity contribution < 1.29 is 14.3 Å². The zero-order valence-corrected chi connectivity index (χ0v) is 27.5. The van der Waals surface area contributed by atoms with Crippen LogP contribution in [0.1, 0.15) is 31.2 Å². The summed E-state index contributed by atoms with van der Waals surface area (Å²) in [6, 6.07) is 14.1. The van der Waals surface area contributed by atoms with Gasteiger partial charge in [-0.1, -0.05) is 24.3 Å². The summed E-state index contributed by atoms with van der Waals surface area (Å²) in [7, 11) is 0. The van der Waals surface area contributed by atoms with Crippen LogP contribution in [-0.4, -0.2) is 75.9 Å². The molecule has 4 aromatic rings. The molecule has 2 fully saturated rings. The number of carbonyl (C=O) groups excluding carboxylic acids is 2. The molecule has 5 N–H and O–H groups in total. The standard InChI is InChI=1S/C33H38ClN9O3.ClH/c34-32-39-30(40-41-32)23-8-10-27(11-9-23)43(31(45)24-6-4-21(18-35)5-7-24)28(29(36)44)17-22-2-1-3-25(16-22)26-19-37-33(38-20-26)42-12-14-46-15-13-42;/h1-3,8-11,16,19-21,24,28H,4-7,12-15,17-18,35H2,(H2,36,44)(H,39,40,41);1H/t21?,24?,28-;/m0./s1. The number of primary amides is 1. The monoisotopic (exact) mass is 679 g/mol. The minimum Gasteiger partial charge on any atom is -0.378 e. The number of benzene rings is 2. The number of nitrogens with one attached hydrogen (secondary N) is 1. The Morgan fingerprint density at radius 1 is 1.00 bits per heavy atom. The van der Waals surface area contributed by atoms with Crippen molar-refractivity contribution in [1.29, 1.82) is 0 Å². The second-order valence-corrected chi connectivity index (χ2v) is 12.2. The van der Waals surface area contributed by atoms with E-state index in [0.29, 0.717) is 61.5 Å². The van der Waals surface area contributed by atoms with Crippen LogP contribution >= 0.6 is 24.0 Å². The summed E-state index contributed by atoms with van der Waals surface area (Å²) in [6.45, 7) is 3.43. The molecule has 14 heteroatoms. The molecule has 248 valence electrons. The molecule has 0 unspecified atom stereocenters. The molecule has 0 radical (unpaired) electrons. The van der Waals surface area contributed by atoms with Crippen LogP contribution in [0.15, 0.2) is 60.9 Å². The van der Waals surface area contributed by atoms with Crippen LogP contribution in [0.4, 0.5) is 11.6 Å². The van der Waals surface area contributed by atoms with Crippen molar-refractivity contribution in [2.75, 3.05) is 42.6 Å². The first-order valence-electron chi connectivity index (χ1n) is 15.6. The Morgan fingerprint density at radius 2 is 1.70 bits per heavy atom. The molecule has 12 nitrogen and oxygen atoms in total. The predicted octanol–water partition coefficient (Wildman–Crippen LogP) is 4.04. The Bertz CT molecular complexity index is 1640. The normalized spacial score (nSPS) is 18.6. The topological polar surface area (TPSA) is 169 Å². The number of anilines is 2. The van der Waals surface area contributed by atoms with Crippen molar-refractivity contribution in [3.63, 3.8) is 0 Å². The number of aromatic nitrogens is 5. The SMILES string of the molecule is Cl.NCC1CCC(C(=O)N(c2ccc(-c3n[nH]c(Cl)n3)cc2)[C@@H](Cc2cccc(-c3cnc(N4CCOCC4)nc3)c2)C(N)=O)CC1. The van der Waals surface area contributed by atoms with Gasteiger partial charge in [0.2, 0.25) is 23.0 Å². The summed E-state index contributed by atoms with van der Waals surface area (Å²) in [6.07, 6.45) is 7.02. The van der Waals surface area contributed by atoms with Crippen LogP contribution in [0.25, 0.3) is 22.5 Å². The molecule has 2 aliphatic rings. The van der Waals surface area contributed by atoms with Crippen LogP contribution in [0.3, 0.4) is 0 Å². The van der Waals surface area contributed by atoms with Gasteiger partial charge in [-0.2, -0.15) is 10.1 Å². The predicted molar refractivity (Wildman–Crippen MR) is 183 cm³/mol. The van der Waals surface area contributed by atoms with E-state index in [2.05, 4.69) is 30.0 Å². The van der Waals surface area contributed by atoms with Crippen molar-refractivity contribution in [3.8, 4) is 22.5 Å². The van der Waals surface area contributed by atoms with Gasteiger partial charge in [0.1, 0.15) is 6.04 Å². The fraction of sp³-hybridized carbons (Fsp3) is 0.394. The Hall–Kier alpha value is -4.10. The van der Waals surface area contributed by atoms with Crippen LogP contribution in [0.2, 0.25) is 5.28 Å². The van der Waals surface area contributed by atoms with E-state index >= 15 is 0 Å². The number of carbonyl (C=O) groups is 2. The molecule has 1 saturated heterocycles. The van der Waals surface area contributed by atoms with Crippen molar-refractivity contribution >= 4 is 47.5 Å². The number of nitrogens with two attached hydrogens (primary N) is 2. The van der Waals surface area contributed by atoms with Gasteiger partial charge in [0.25, 0.3) is 0 Å². The number of amides is 2. The minimum atomic E-state index is -0.918. The number of morpholine rings is 1. The molecule has 1 aliphatic carbocycles. The van der Waals surface area contributed by atoms with E-state index in [4.69, 9.17) is 27.8 Å². The van der Waals surface area contributed by atoms with E-state index in [1.165, 1.54) is 0 Å². The molecular weight excluding hydrogens is 641 g/mol. The third kappa shape index (κ3) is 8.07. The highest BCUT2D eigenvalue weighted by Crippen LogP contribution is 2.33. The van der Waals surface area contributed by atoms with E-state index in [0.717, 1.165) is 42.6 Å². The maximum absolute atomic E-state index is 14.3. The summed E-state index contributed by atoms with van der Waals surface area (Å²) >= 11 is 5.93. The Labute approximate surface area is 284 Å². The lowest BCUT2D eigenvalue weighted by Gasteiger charge is -2.35. The summed E-state index contributed by atoms with van der Waals surface area (Å²) in [5.74, 6) is 0.577. The zero-order valence-electron chi connectivity index (χ0n) is 25.9. The number of ether oxygens (including phenoxy) is 1. The first-order valence-corrected chi connectivity index (χ1v) is 16.0. The van der Waals surface area contributed by atoms with Gasteiger partial charge < -0.3 is 21.1 Å². The molecule has 0 bridgehead atoms. The average Bonchev–Trinajstić information content (AvgIpc) is 3.55. The number of hydrogen-bond donors (Lipinski definition) is 3. The minimum absolute atomic E-state index is 0. The highest BCUT2D eigenvalue weighted by Gasteiger charge is 2.36. The van der Waals surface area contributed by atoms with Crippen molar-refractivity contribution in [2.45, 2.75) is 38.1 Å². The van der Waals surface area contributed by atoms with Gasteiger partial charge in [-0.15, -0.1) is 12.4 Å². The number of rotatable bonds is 10. The zero-order chi connectivity index (χ0) is 32.0. The first-order chi connectivity index (χ1) is 22.4. The van der Waals surface area contributed by atoms with Gasteiger partial charge in [-0.05, 0) is 85.1 Å². The van der Waals surface area contributed by atoms with E-state index in [1.807, 2.05) is 24.3 Å². The summed E-state index contributed by atoms with van der Waals surface area (Å²) in [5.41, 5.74) is 15.9. The van der Waals surface area contributed by atoms with Gasteiger partial charge >= 0.3 is 0 Å². The quantitative estimate of drug-likeness (QED) is 0.224. The lowest BCUT2D eigenvalue weighted by atomic mass is 9.81. The van der Waals surface area contributed by atoms with Crippen molar-refractivity contribution in [2.24, 2.45) is 23.3 Å². The molecule has 2 aromatic carbocycles. The summed E-state index contributed by atoms with van der Waals surface area (Å²) < 4.78 is 5.43. The van der Waals surface area contributed by atoms with Gasteiger partial charge in [0, 0.05) is 54.6 Å². The van der Waals surface area contributed by atoms with E-state index < -0.39 is 11.9 Å². The number of hydrogen-bond acceptors (Lipinski definition) is 9. The first kappa shape index (κ1) is 34.2. The van der Waals surface area contributed by atoms with E-state index in [1.54, 1.807) is 41.6 Å². The lowest BCUT2D eigenvalue weighted by Crippen LogP contribution is -2.52. The summed E-state index contributed by atoms with van der Waals surface area (Å²) in [5, 5.41) is 6.92. The number of H-pyrrole nitrogens is 1. The second kappa shape index (κ2) is 15.7. The summed E-state index contributed by atoms with van der Waals surface area (Å²) in [4.78, 5) is 44.5. The van der Waals surface area contributed by atoms with Crippen LogP contribution < -0.4 is 21.3 Å². The smallest absolute Gasteiger partial charge is 0.240 e. The largest absolute Gasteiger partial charge is 0.378 e. The fourth-order valence-corrected chi connectivity index (χ4v) is 6.38. The Balaban J connectivity index is 0.00000433. The maximum atomic E-state index is 14.3. The molecule has 2 aromatic heterocycles. The van der Waals surface area contributed by atoms with Crippen LogP contribution in [-0.2, 0) is 20.7 Å².